The van der Waals surface area contributed by atoms with Crippen LogP contribution in [0.5, 0.6) is 11.5 Å². The third-order valence-electron chi connectivity index (χ3n) is 3.58. The molecule has 108 valence electrons. The largest absolute Gasteiger partial charge is 0.508 e. The number of hydrogen-bond donors (Lipinski definition) is 3. The van der Waals surface area contributed by atoms with E-state index < -0.39 is 6.10 Å². The monoisotopic (exact) mass is 284 g/mol. The van der Waals surface area contributed by atoms with Crippen molar-refractivity contribution in [2.45, 2.75) is 12.2 Å². The van der Waals surface area contributed by atoms with Gasteiger partial charge in [-0.15, -0.1) is 0 Å². The van der Waals surface area contributed by atoms with Gasteiger partial charge >= 0.3 is 0 Å². The highest BCUT2D eigenvalue weighted by molar-refractivity contribution is 5.72. The van der Waals surface area contributed by atoms with Crippen molar-refractivity contribution in [1.82, 2.24) is 0 Å². The van der Waals surface area contributed by atoms with Crippen molar-refractivity contribution in [3.63, 3.8) is 0 Å². The summed E-state index contributed by atoms with van der Waals surface area (Å²) < 4.78 is 5.85. The molecule has 3 rings (SSSR count). The lowest BCUT2D eigenvalue weighted by molar-refractivity contribution is 0.0289. The van der Waals surface area contributed by atoms with Gasteiger partial charge in [0.05, 0.1) is 6.61 Å². The van der Waals surface area contributed by atoms with Gasteiger partial charge in [-0.05, 0) is 47.0 Å². The van der Waals surface area contributed by atoms with E-state index in [1.165, 1.54) is 0 Å². The number of phenolic OH excluding ortho intramolecular Hbond substituents is 2. The molecule has 2 atom stereocenters. The smallest absolute Gasteiger partial charge is 0.115 e. The van der Waals surface area contributed by atoms with Gasteiger partial charge in [0.15, 0.2) is 0 Å². The summed E-state index contributed by atoms with van der Waals surface area (Å²) in [6.07, 6.45) is 1.31. The molecule has 0 saturated carbocycles. The Balaban J connectivity index is 1.92. The van der Waals surface area contributed by atoms with E-state index in [9.17, 15) is 15.3 Å². The molecule has 1 aliphatic rings. The lowest BCUT2D eigenvalue weighted by Gasteiger charge is -2.15. The van der Waals surface area contributed by atoms with Crippen molar-refractivity contribution in [1.29, 1.82) is 0 Å². The quantitative estimate of drug-likeness (QED) is 0.810. The minimum atomic E-state index is -0.395. The fourth-order valence-corrected chi connectivity index (χ4v) is 2.48. The van der Waals surface area contributed by atoms with Gasteiger partial charge in [0.25, 0.3) is 0 Å². The van der Waals surface area contributed by atoms with E-state index in [1.807, 2.05) is 6.08 Å². The molecule has 0 spiro atoms. The van der Waals surface area contributed by atoms with Crippen molar-refractivity contribution in [2.75, 3.05) is 6.61 Å². The van der Waals surface area contributed by atoms with E-state index >= 15 is 0 Å². The topological polar surface area (TPSA) is 69.9 Å². The Morgan fingerprint density at radius 2 is 1.43 bits per heavy atom. The Bertz CT molecular complexity index is 643. The van der Waals surface area contributed by atoms with E-state index in [2.05, 4.69) is 0 Å². The van der Waals surface area contributed by atoms with Crippen LogP contribution in [0.2, 0.25) is 0 Å². The summed E-state index contributed by atoms with van der Waals surface area (Å²) in [4.78, 5) is 0. The third kappa shape index (κ3) is 2.77. The zero-order chi connectivity index (χ0) is 14.8. The number of aliphatic hydroxyl groups excluding tert-OH is 1. The number of benzene rings is 2. The molecular formula is C17H16O4. The number of aliphatic hydroxyl groups is 1. The van der Waals surface area contributed by atoms with E-state index in [0.717, 1.165) is 16.7 Å². The molecule has 3 N–H and O–H groups in total. The van der Waals surface area contributed by atoms with Crippen molar-refractivity contribution < 1.29 is 20.1 Å². The van der Waals surface area contributed by atoms with Crippen LogP contribution >= 0.6 is 0 Å². The average molecular weight is 284 g/mol. The molecule has 0 aliphatic carbocycles. The minimum absolute atomic E-state index is 0.110. The summed E-state index contributed by atoms with van der Waals surface area (Å²) in [5.74, 6) is 0.409. The number of hydrogen-bond acceptors (Lipinski definition) is 4. The van der Waals surface area contributed by atoms with E-state index in [-0.39, 0.29) is 24.2 Å². The predicted octanol–water partition coefficient (Wildman–Crippen LogP) is 2.61. The number of ether oxygens (including phenoxy) is 1. The molecule has 0 saturated heterocycles. The van der Waals surface area contributed by atoms with Gasteiger partial charge in [-0.1, -0.05) is 24.3 Å². The average Bonchev–Trinajstić information content (AvgIpc) is 2.93. The van der Waals surface area contributed by atoms with Crippen LogP contribution in [0.4, 0.5) is 0 Å². The fourth-order valence-electron chi connectivity index (χ4n) is 2.48. The van der Waals surface area contributed by atoms with Crippen LogP contribution in [0, 0.1) is 0 Å². The molecule has 0 radical (unpaired) electrons. The zero-order valence-electron chi connectivity index (χ0n) is 11.3. The predicted molar refractivity (Wildman–Crippen MR) is 78.9 cm³/mol. The van der Waals surface area contributed by atoms with Crippen LogP contribution in [0.25, 0.3) is 5.57 Å². The SMILES string of the molecule is OC[C@H]1O[C@@H](c2ccc(O)cc2)C=C1c1ccc(O)cc1. The second-order valence-corrected chi connectivity index (χ2v) is 4.99. The second-order valence-electron chi connectivity index (χ2n) is 4.99. The summed E-state index contributed by atoms with van der Waals surface area (Å²) in [6.45, 7) is -0.110. The maximum Gasteiger partial charge on any atom is 0.115 e. The third-order valence-corrected chi connectivity index (χ3v) is 3.58. The Kier molecular flexibility index (Phi) is 3.64. The molecule has 1 heterocycles. The zero-order valence-corrected chi connectivity index (χ0v) is 11.3. The van der Waals surface area contributed by atoms with Gasteiger partial charge in [-0.2, -0.15) is 0 Å². The minimum Gasteiger partial charge on any atom is -0.508 e. The van der Waals surface area contributed by atoms with E-state index in [0.29, 0.717) is 0 Å². The lowest BCUT2D eigenvalue weighted by atomic mass is 10.00. The molecule has 0 amide bonds. The molecule has 0 bridgehead atoms. The van der Waals surface area contributed by atoms with Crippen molar-refractivity contribution in [2.24, 2.45) is 0 Å². The van der Waals surface area contributed by atoms with Crippen LogP contribution in [0.3, 0.4) is 0 Å². The molecule has 21 heavy (non-hydrogen) atoms. The number of aromatic hydroxyl groups is 2. The first-order chi connectivity index (χ1) is 10.2. The molecule has 4 nitrogen and oxygen atoms in total. The van der Waals surface area contributed by atoms with Crippen LogP contribution in [-0.2, 0) is 4.74 Å². The molecule has 2 aromatic carbocycles. The molecule has 2 aromatic rings. The van der Waals surface area contributed by atoms with E-state index in [4.69, 9.17) is 4.74 Å². The highest BCUT2D eigenvalue weighted by Crippen LogP contribution is 2.37. The summed E-state index contributed by atoms with van der Waals surface area (Å²) in [5, 5.41) is 28.2. The Morgan fingerprint density at radius 1 is 0.857 bits per heavy atom. The normalized spacial score (nSPS) is 21.3. The Labute approximate surface area is 122 Å². The van der Waals surface area contributed by atoms with Crippen molar-refractivity contribution in [3.8, 4) is 11.5 Å². The Morgan fingerprint density at radius 3 is 2.00 bits per heavy atom. The van der Waals surface area contributed by atoms with E-state index in [1.54, 1.807) is 48.5 Å². The summed E-state index contributed by atoms with van der Waals surface area (Å²) in [5.41, 5.74) is 2.73. The van der Waals surface area contributed by atoms with Crippen LogP contribution in [0.1, 0.15) is 17.2 Å². The summed E-state index contributed by atoms with van der Waals surface area (Å²) >= 11 is 0. The maximum atomic E-state index is 9.51. The maximum absolute atomic E-state index is 9.51. The first-order valence-corrected chi connectivity index (χ1v) is 6.74. The highest BCUT2D eigenvalue weighted by Gasteiger charge is 2.28. The first-order valence-electron chi connectivity index (χ1n) is 6.74. The summed E-state index contributed by atoms with van der Waals surface area (Å²) in [7, 11) is 0. The van der Waals surface area contributed by atoms with Crippen LogP contribution in [0.15, 0.2) is 54.6 Å². The highest BCUT2D eigenvalue weighted by atomic mass is 16.5. The fraction of sp³-hybridized carbons (Fsp3) is 0.176. The molecule has 0 aromatic heterocycles. The van der Waals surface area contributed by atoms with Gasteiger partial charge in [-0.25, -0.2) is 0 Å². The Hall–Kier alpha value is -2.30. The standard InChI is InChI=1S/C17H16O4/c18-10-17-15(11-1-5-13(19)6-2-11)9-16(21-17)12-3-7-14(20)8-4-12/h1-9,16-20H,10H2/t16-,17-/m1/s1. The molecular weight excluding hydrogens is 268 g/mol. The lowest BCUT2D eigenvalue weighted by Crippen LogP contribution is -2.15. The molecule has 1 aliphatic heterocycles. The van der Waals surface area contributed by atoms with Gasteiger partial charge in [0.2, 0.25) is 0 Å². The molecule has 0 unspecified atom stereocenters. The van der Waals surface area contributed by atoms with Gasteiger partial charge in [0.1, 0.15) is 23.7 Å². The second kappa shape index (κ2) is 5.60. The van der Waals surface area contributed by atoms with Gasteiger partial charge in [0, 0.05) is 0 Å². The molecule has 0 fully saturated rings. The number of rotatable bonds is 3. The number of phenols is 2. The van der Waals surface area contributed by atoms with Crippen molar-refractivity contribution in [3.05, 3.63) is 65.7 Å². The van der Waals surface area contributed by atoms with Gasteiger partial charge < -0.3 is 20.1 Å². The van der Waals surface area contributed by atoms with Crippen LogP contribution in [-0.4, -0.2) is 28.0 Å². The molecule has 4 heteroatoms. The summed E-state index contributed by atoms with van der Waals surface area (Å²) in [6, 6.07) is 13.6. The van der Waals surface area contributed by atoms with Crippen LogP contribution < -0.4 is 0 Å². The van der Waals surface area contributed by atoms with Crippen molar-refractivity contribution >= 4 is 5.57 Å². The van der Waals surface area contributed by atoms with Gasteiger partial charge in [-0.3, -0.25) is 0 Å². The first kappa shape index (κ1) is 13.7.